The number of hydrogen-bond acceptors (Lipinski definition) is 3. The van der Waals surface area contributed by atoms with Crippen LogP contribution in [-0.4, -0.2) is 32.1 Å². The second-order valence-corrected chi connectivity index (χ2v) is 4.18. The molecule has 1 heterocycles. The van der Waals surface area contributed by atoms with Crippen LogP contribution in [0.5, 0.6) is 11.5 Å². The fourth-order valence-electron chi connectivity index (χ4n) is 2.31. The Hall–Kier alpha value is -1.71. The zero-order valence-electron chi connectivity index (χ0n) is 10.4. The molecule has 0 bridgehead atoms. The van der Waals surface area contributed by atoms with Gasteiger partial charge in [-0.15, -0.1) is 0 Å². The molecule has 4 heteroatoms. The lowest BCUT2D eigenvalue weighted by Crippen LogP contribution is -2.32. The molecule has 0 aliphatic carbocycles. The van der Waals surface area contributed by atoms with Crippen molar-refractivity contribution in [1.82, 2.24) is 4.90 Å². The number of benzene rings is 1. The lowest BCUT2D eigenvalue weighted by molar-refractivity contribution is -0.120. The van der Waals surface area contributed by atoms with Crippen LogP contribution in [0.25, 0.3) is 0 Å². The Bertz CT molecular complexity index is 431. The third-order valence-corrected chi connectivity index (χ3v) is 3.37. The van der Waals surface area contributed by atoms with Crippen LogP contribution < -0.4 is 9.47 Å². The van der Waals surface area contributed by atoms with E-state index in [1.165, 1.54) is 5.56 Å². The molecule has 1 aromatic carbocycles. The van der Waals surface area contributed by atoms with E-state index in [9.17, 15) is 4.79 Å². The molecular weight excluding hydrogens is 218 g/mol. The quantitative estimate of drug-likeness (QED) is 0.750. The van der Waals surface area contributed by atoms with Gasteiger partial charge in [0, 0.05) is 6.54 Å². The second-order valence-electron chi connectivity index (χ2n) is 4.18. The highest BCUT2D eigenvalue weighted by Crippen LogP contribution is 2.37. The molecule has 1 aromatic rings. The minimum Gasteiger partial charge on any atom is -0.493 e. The van der Waals surface area contributed by atoms with Gasteiger partial charge < -0.3 is 14.4 Å². The van der Waals surface area contributed by atoms with E-state index in [1.54, 1.807) is 19.1 Å². The number of carbonyl (C=O) groups excluding carboxylic acids is 1. The Morgan fingerprint density at radius 3 is 2.53 bits per heavy atom. The van der Waals surface area contributed by atoms with E-state index in [-0.39, 0.29) is 6.04 Å². The molecule has 1 amide bonds. The predicted octanol–water partition coefficient (Wildman–Crippen LogP) is 1.78. The predicted molar refractivity (Wildman–Crippen MR) is 64.4 cm³/mol. The molecule has 92 valence electrons. The van der Waals surface area contributed by atoms with E-state index in [1.807, 2.05) is 19.1 Å². The molecule has 0 N–H and O–H groups in total. The monoisotopic (exact) mass is 235 g/mol. The highest BCUT2D eigenvalue weighted by Gasteiger charge is 2.24. The summed E-state index contributed by atoms with van der Waals surface area (Å²) in [6.07, 6.45) is 1.77. The van der Waals surface area contributed by atoms with Gasteiger partial charge in [-0.25, -0.2) is 0 Å². The first-order valence-corrected chi connectivity index (χ1v) is 5.67. The molecule has 4 nitrogen and oxygen atoms in total. The summed E-state index contributed by atoms with van der Waals surface area (Å²) in [5, 5.41) is 0. The number of hydrogen-bond donors (Lipinski definition) is 0. The largest absolute Gasteiger partial charge is 0.493 e. The fraction of sp³-hybridized carbons (Fsp3) is 0.462. The molecule has 0 fully saturated rings. The van der Waals surface area contributed by atoms with Gasteiger partial charge in [0.05, 0.1) is 20.3 Å². The number of fused-ring (bicyclic) bond motifs is 1. The Morgan fingerprint density at radius 2 is 1.94 bits per heavy atom. The summed E-state index contributed by atoms with van der Waals surface area (Å²) in [5.41, 5.74) is 2.37. The third kappa shape index (κ3) is 1.95. The summed E-state index contributed by atoms with van der Waals surface area (Å²) in [4.78, 5) is 12.7. The Balaban J connectivity index is 2.46. The number of ether oxygens (including phenoxy) is 2. The van der Waals surface area contributed by atoms with Crippen molar-refractivity contribution in [3.8, 4) is 11.5 Å². The number of rotatable bonds is 3. The molecule has 0 saturated heterocycles. The van der Waals surface area contributed by atoms with E-state index >= 15 is 0 Å². The minimum atomic E-state index is 0.0936. The van der Waals surface area contributed by atoms with Crippen molar-refractivity contribution in [2.24, 2.45) is 0 Å². The normalized spacial score (nSPS) is 18.5. The van der Waals surface area contributed by atoms with Crippen LogP contribution >= 0.6 is 0 Å². The molecule has 0 spiro atoms. The number of nitrogens with zero attached hydrogens (tertiary/aromatic N) is 1. The average molecular weight is 235 g/mol. The maximum absolute atomic E-state index is 10.9. The van der Waals surface area contributed by atoms with Crippen LogP contribution in [0.3, 0.4) is 0 Å². The summed E-state index contributed by atoms with van der Waals surface area (Å²) < 4.78 is 10.6. The van der Waals surface area contributed by atoms with Gasteiger partial charge in [-0.05, 0) is 36.6 Å². The number of carbonyl (C=O) groups is 1. The van der Waals surface area contributed by atoms with Crippen LogP contribution in [0, 0.1) is 0 Å². The minimum absolute atomic E-state index is 0.0936. The Morgan fingerprint density at radius 1 is 1.29 bits per heavy atom. The van der Waals surface area contributed by atoms with E-state index in [0.717, 1.165) is 30.7 Å². The van der Waals surface area contributed by atoms with Gasteiger partial charge in [0.2, 0.25) is 6.41 Å². The first-order chi connectivity index (χ1) is 8.21. The van der Waals surface area contributed by atoms with Gasteiger partial charge in [0.15, 0.2) is 11.5 Å². The average Bonchev–Trinajstić information content (AvgIpc) is 2.38. The highest BCUT2D eigenvalue weighted by atomic mass is 16.5. The van der Waals surface area contributed by atoms with E-state index in [0.29, 0.717) is 5.75 Å². The zero-order chi connectivity index (χ0) is 12.4. The summed E-state index contributed by atoms with van der Waals surface area (Å²) in [5.74, 6) is 1.46. The molecule has 1 aliphatic heterocycles. The maximum Gasteiger partial charge on any atom is 0.210 e. The van der Waals surface area contributed by atoms with Crippen LogP contribution in [0.1, 0.15) is 24.1 Å². The highest BCUT2D eigenvalue weighted by molar-refractivity contribution is 5.54. The molecular formula is C13H17NO3. The van der Waals surface area contributed by atoms with Crippen molar-refractivity contribution >= 4 is 6.41 Å². The van der Waals surface area contributed by atoms with Crippen molar-refractivity contribution < 1.29 is 14.3 Å². The second kappa shape index (κ2) is 4.65. The van der Waals surface area contributed by atoms with Crippen molar-refractivity contribution in [3.63, 3.8) is 0 Å². The van der Waals surface area contributed by atoms with Gasteiger partial charge in [-0.2, -0.15) is 0 Å². The van der Waals surface area contributed by atoms with E-state index in [4.69, 9.17) is 9.47 Å². The van der Waals surface area contributed by atoms with Gasteiger partial charge in [-0.3, -0.25) is 4.79 Å². The smallest absolute Gasteiger partial charge is 0.210 e. The molecule has 1 unspecified atom stereocenters. The third-order valence-electron chi connectivity index (χ3n) is 3.37. The van der Waals surface area contributed by atoms with Gasteiger partial charge >= 0.3 is 0 Å². The first kappa shape index (κ1) is 11.8. The van der Waals surface area contributed by atoms with Crippen LogP contribution in [0.2, 0.25) is 0 Å². The molecule has 0 saturated carbocycles. The van der Waals surface area contributed by atoms with Crippen molar-refractivity contribution in [1.29, 1.82) is 0 Å². The lowest BCUT2D eigenvalue weighted by Gasteiger charge is -2.32. The summed E-state index contributed by atoms with van der Waals surface area (Å²) in [6.45, 7) is 2.78. The van der Waals surface area contributed by atoms with Crippen LogP contribution in [-0.2, 0) is 11.2 Å². The van der Waals surface area contributed by atoms with Crippen LogP contribution in [0.4, 0.5) is 0 Å². The Kier molecular flexibility index (Phi) is 3.22. The molecule has 17 heavy (non-hydrogen) atoms. The summed E-state index contributed by atoms with van der Waals surface area (Å²) in [7, 11) is 3.25. The van der Waals surface area contributed by atoms with Crippen molar-refractivity contribution in [3.05, 3.63) is 23.3 Å². The van der Waals surface area contributed by atoms with E-state index < -0.39 is 0 Å². The first-order valence-electron chi connectivity index (χ1n) is 5.67. The number of amides is 1. The maximum atomic E-state index is 10.9. The van der Waals surface area contributed by atoms with E-state index in [2.05, 4.69) is 0 Å². The zero-order valence-corrected chi connectivity index (χ0v) is 10.4. The van der Waals surface area contributed by atoms with Crippen LogP contribution in [0.15, 0.2) is 12.1 Å². The number of methoxy groups -OCH3 is 2. The molecule has 0 aromatic heterocycles. The van der Waals surface area contributed by atoms with Gasteiger partial charge in [0.25, 0.3) is 0 Å². The van der Waals surface area contributed by atoms with Gasteiger partial charge in [0.1, 0.15) is 0 Å². The topological polar surface area (TPSA) is 38.8 Å². The fourth-order valence-corrected chi connectivity index (χ4v) is 2.31. The Labute approximate surface area is 101 Å². The molecule has 1 aliphatic rings. The van der Waals surface area contributed by atoms with Crippen molar-refractivity contribution in [2.75, 3.05) is 20.8 Å². The lowest BCUT2D eigenvalue weighted by atomic mass is 9.93. The molecule has 1 atom stereocenters. The summed E-state index contributed by atoms with van der Waals surface area (Å²) in [6, 6.07) is 4.07. The van der Waals surface area contributed by atoms with Crippen molar-refractivity contribution in [2.45, 2.75) is 19.4 Å². The molecule has 2 rings (SSSR count). The SMILES string of the molecule is COc1cc2c(cc1OC)C(C)N(C=O)CC2. The summed E-state index contributed by atoms with van der Waals surface area (Å²) >= 11 is 0. The standard InChI is InChI=1S/C13H17NO3/c1-9-11-7-13(17-3)12(16-2)6-10(11)4-5-14(9)8-15/h6-9H,4-5H2,1-3H3. The molecule has 0 radical (unpaired) electrons. The van der Waals surface area contributed by atoms with Gasteiger partial charge in [-0.1, -0.05) is 0 Å².